The highest BCUT2D eigenvalue weighted by molar-refractivity contribution is 6.06. The molecule has 0 aliphatic carbocycles. The van der Waals surface area contributed by atoms with Crippen LogP contribution in [0.2, 0.25) is 0 Å². The molecule has 0 radical (unpaired) electrons. The molecule has 4 rings (SSSR count). The molecule has 1 unspecified atom stereocenters. The van der Waals surface area contributed by atoms with E-state index >= 15 is 0 Å². The number of piperazine rings is 1. The highest BCUT2D eigenvalue weighted by atomic mass is 19.1. The minimum atomic E-state index is -0.676. The van der Waals surface area contributed by atoms with Crippen LogP contribution in [0.3, 0.4) is 0 Å². The van der Waals surface area contributed by atoms with E-state index in [2.05, 4.69) is 20.5 Å². The quantitative estimate of drug-likeness (QED) is 0.754. The number of hydrogen-bond acceptors (Lipinski definition) is 5. The summed E-state index contributed by atoms with van der Waals surface area (Å²) in [4.78, 5) is 42.7. The zero-order chi connectivity index (χ0) is 17.6. The molecule has 1 aromatic carbocycles. The molecule has 0 spiro atoms. The van der Waals surface area contributed by atoms with E-state index in [-0.39, 0.29) is 37.3 Å². The molecule has 2 N–H and O–H groups in total. The van der Waals surface area contributed by atoms with Crippen LogP contribution in [0.1, 0.15) is 5.82 Å². The Morgan fingerprint density at radius 3 is 2.72 bits per heavy atom. The van der Waals surface area contributed by atoms with Crippen molar-refractivity contribution in [1.29, 1.82) is 0 Å². The number of fused-ring (bicyclic) bond motifs is 1. The minimum absolute atomic E-state index is 0.0763. The number of carbonyl (C=O) groups is 3. The number of nitrogens with zero attached hydrogens (tertiary/aromatic N) is 4. The standard InChI is InChI=1S/C15H13FN6O3/c16-9-3-1-8(2-4-9)13-18-11(19-20-13)6-22-14(24)10-5-17-12(23)7-21(10)15(22)25/h1-4,10H,5-7H2,(H,17,23)(H,18,19,20). The van der Waals surface area contributed by atoms with Gasteiger partial charge in [0.2, 0.25) is 5.91 Å². The molecule has 1 aromatic heterocycles. The normalized spacial score (nSPS) is 20.0. The maximum Gasteiger partial charge on any atom is 0.328 e. The molecule has 3 heterocycles. The van der Waals surface area contributed by atoms with E-state index in [1.54, 1.807) is 0 Å². The molecule has 2 fully saturated rings. The highest BCUT2D eigenvalue weighted by Gasteiger charge is 2.47. The number of H-pyrrole nitrogens is 1. The second-order valence-corrected chi connectivity index (χ2v) is 5.77. The van der Waals surface area contributed by atoms with Crippen molar-refractivity contribution in [3.63, 3.8) is 0 Å². The van der Waals surface area contributed by atoms with Gasteiger partial charge in [-0.05, 0) is 24.3 Å². The zero-order valence-electron chi connectivity index (χ0n) is 12.9. The molecule has 128 valence electrons. The van der Waals surface area contributed by atoms with Crippen LogP contribution in [0.25, 0.3) is 11.4 Å². The molecular weight excluding hydrogens is 331 g/mol. The lowest BCUT2D eigenvalue weighted by Gasteiger charge is -2.26. The number of imide groups is 1. The fraction of sp³-hybridized carbons (Fsp3) is 0.267. The lowest BCUT2D eigenvalue weighted by molar-refractivity contribution is -0.131. The molecule has 9 nitrogen and oxygen atoms in total. The largest absolute Gasteiger partial charge is 0.352 e. The first kappa shape index (κ1) is 15.2. The molecule has 2 aliphatic rings. The van der Waals surface area contributed by atoms with Gasteiger partial charge in [0.25, 0.3) is 5.91 Å². The predicted octanol–water partition coefficient (Wildman–Crippen LogP) is -0.127. The molecule has 0 saturated carbocycles. The van der Waals surface area contributed by atoms with Gasteiger partial charge < -0.3 is 10.2 Å². The third-order valence-electron chi connectivity index (χ3n) is 4.15. The lowest BCUT2D eigenvalue weighted by atomic mass is 10.2. The SMILES string of the molecule is O=C1CN2C(=O)N(Cc3nc(-c4ccc(F)cc4)n[nH]3)C(=O)C2CN1. The van der Waals surface area contributed by atoms with E-state index in [0.717, 1.165) is 4.90 Å². The van der Waals surface area contributed by atoms with E-state index in [0.29, 0.717) is 17.2 Å². The molecule has 1 atom stereocenters. The summed E-state index contributed by atoms with van der Waals surface area (Å²) in [5, 5.41) is 9.27. The van der Waals surface area contributed by atoms with Crippen molar-refractivity contribution in [1.82, 2.24) is 30.3 Å². The first-order valence-electron chi connectivity index (χ1n) is 7.59. The number of carbonyl (C=O) groups excluding carboxylic acids is 3. The maximum absolute atomic E-state index is 13.0. The Morgan fingerprint density at radius 2 is 1.96 bits per heavy atom. The second-order valence-electron chi connectivity index (χ2n) is 5.77. The van der Waals surface area contributed by atoms with Crippen LogP contribution in [0.5, 0.6) is 0 Å². The molecule has 2 aromatic rings. The molecule has 0 bridgehead atoms. The molecule has 25 heavy (non-hydrogen) atoms. The number of hydrogen-bond donors (Lipinski definition) is 2. The summed E-state index contributed by atoms with van der Waals surface area (Å²) in [6, 6.07) is 4.45. The fourth-order valence-electron chi connectivity index (χ4n) is 2.88. The van der Waals surface area contributed by atoms with Crippen molar-refractivity contribution >= 4 is 17.8 Å². The van der Waals surface area contributed by atoms with Crippen LogP contribution >= 0.6 is 0 Å². The van der Waals surface area contributed by atoms with Crippen molar-refractivity contribution in [2.24, 2.45) is 0 Å². The Bertz CT molecular complexity index is 864. The van der Waals surface area contributed by atoms with Crippen LogP contribution in [0, 0.1) is 5.82 Å². The summed E-state index contributed by atoms with van der Waals surface area (Å²) in [5.41, 5.74) is 0.607. The van der Waals surface area contributed by atoms with Crippen molar-refractivity contribution < 1.29 is 18.8 Å². The van der Waals surface area contributed by atoms with Gasteiger partial charge in [0.15, 0.2) is 5.82 Å². The number of halogens is 1. The Balaban J connectivity index is 1.53. The van der Waals surface area contributed by atoms with Gasteiger partial charge in [0, 0.05) is 12.1 Å². The van der Waals surface area contributed by atoms with Crippen LogP contribution < -0.4 is 5.32 Å². The van der Waals surface area contributed by atoms with Crippen molar-refractivity contribution in [3.05, 3.63) is 35.9 Å². The number of urea groups is 1. The van der Waals surface area contributed by atoms with E-state index in [1.165, 1.54) is 29.2 Å². The van der Waals surface area contributed by atoms with E-state index in [4.69, 9.17) is 0 Å². The summed E-state index contributed by atoms with van der Waals surface area (Å²) in [6.45, 7) is -0.104. The molecule has 2 aliphatic heterocycles. The monoisotopic (exact) mass is 344 g/mol. The van der Waals surface area contributed by atoms with Crippen molar-refractivity contribution in [2.45, 2.75) is 12.6 Å². The smallest absolute Gasteiger partial charge is 0.328 e. The number of benzene rings is 1. The average molecular weight is 344 g/mol. The number of nitrogens with one attached hydrogen (secondary N) is 2. The Morgan fingerprint density at radius 1 is 1.20 bits per heavy atom. The summed E-state index contributed by atoms with van der Waals surface area (Å²) in [5.74, 6) is -0.390. The van der Waals surface area contributed by atoms with Crippen molar-refractivity contribution in [3.8, 4) is 11.4 Å². The predicted molar refractivity (Wildman–Crippen MR) is 81.2 cm³/mol. The topological polar surface area (TPSA) is 111 Å². The van der Waals surface area contributed by atoms with Gasteiger partial charge in [0.05, 0.1) is 6.54 Å². The Labute approximate surface area is 140 Å². The summed E-state index contributed by atoms with van der Waals surface area (Å²) in [7, 11) is 0. The van der Waals surface area contributed by atoms with Gasteiger partial charge in [0.1, 0.15) is 24.2 Å². The second kappa shape index (κ2) is 5.65. The van der Waals surface area contributed by atoms with Crippen LogP contribution in [0.15, 0.2) is 24.3 Å². The van der Waals surface area contributed by atoms with Gasteiger partial charge >= 0.3 is 6.03 Å². The summed E-state index contributed by atoms with van der Waals surface area (Å²) in [6.07, 6.45) is 0. The van der Waals surface area contributed by atoms with Gasteiger partial charge in [-0.3, -0.25) is 19.6 Å². The van der Waals surface area contributed by atoms with Gasteiger partial charge in [-0.2, -0.15) is 5.10 Å². The first-order valence-corrected chi connectivity index (χ1v) is 7.59. The zero-order valence-corrected chi connectivity index (χ0v) is 12.9. The Kier molecular flexibility index (Phi) is 3.45. The Hall–Kier alpha value is -3.30. The van der Waals surface area contributed by atoms with Gasteiger partial charge in [-0.25, -0.2) is 14.2 Å². The van der Waals surface area contributed by atoms with E-state index in [9.17, 15) is 18.8 Å². The summed E-state index contributed by atoms with van der Waals surface area (Å²) < 4.78 is 13.0. The number of amides is 4. The van der Waals surface area contributed by atoms with Gasteiger partial charge in [-0.15, -0.1) is 0 Å². The number of rotatable bonds is 3. The van der Waals surface area contributed by atoms with Gasteiger partial charge in [-0.1, -0.05) is 0 Å². The molecule has 10 heteroatoms. The molecular formula is C15H13FN6O3. The minimum Gasteiger partial charge on any atom is -0.352 e. The number of aromatic amines is 1. The first-order chi connectivity index (χ1) is 12.0. The number of aromatic nitrogens is 3. The lowest BCUT2D eigenvalue weighted by Crippen LogP contribution is -2.54. The molecule has 4 amide bonds. The average Bonchev–Trinajstić information content (AvgIpc) is 3.15. The molecule has 2 saturated heterocycles. The maximum atomic E-state index is 13.0. The third-order valence-corrected chi connectivity index (χ3v) is 4.15. The van der Waals surface area contributed by atoms with Crippen LogP contribution in [0.4, 0.5) is 9.18 Å². The highest BCUT2D eigenvalue weighted by Crippen LogP contribution is 2.22. The van der Waals surface area contributed by atoms with E-state index < -0.39 is 12.1 Å². The third kappa shape index (κ3) is 2.61. The summed E-state index contributed by atoms with van der Waals surface area (Å²) >= 11 is 0. The van der Waals surface area contributed by atoms with Crippen molar-refractivity contribution in [2.75, 3.05) is 13.1 Å². The van der Waals surface area contributed by atoms with E-state index in [1.807, 2.05) is 0 Å². The fourth-order valence-corrected chi connectivity index (χ4v) is 2.88. The van der Waals surface area contributed by atoms with Crippen LogP contribution in [-0.2, 0) is 16.1 Å². The van der Waals surface area contributed by atoms with Crippen LogP contribution in [-0.4, -0.2) is 62.0 Å².